The van der Waals surface area contributed by atoms with Crippen molar-refractivity contribution in [1.82, 2.24) is 5.06 Å². The van der Waals surface area contributed by atoms with Crippen LogP contribution in [0.2, 0.25) is 0 Å². The Bertz CT molecular complexity index is 951. The Morgan fingerprint density at radius 2 is 1.71 bits per heavy atom. The van der Waals surface area contributed by atoms with Crippen LogP contribution in [0, 0.1) is 0 Å². The Balaban J connectivity index is 2.17. The summed E-state index contributed by atoms with van der Waals surface area (Å²) < 4.78 is 26.0. The first-order valence-corrected chi connectivity index (χ1v) is 8.74. The van der Waals surface area contributed by atoms with Crippen LogP contribution >= 0.6 is 0 Å². The van der Waals surface area contributed by atoms with Crippen molar-refractivity contribution in [2.75, 3.05) is 0 Å². The zero-order valence-corrected chi connectivity index (χ0v) is 13.7. The first-order chi connectivity index (χ1) is 11.3. The van der Waals surface area contributed by atoms with Gasteiger partial charge in [0.1, 0.15) is 0 Å². The first-order valence-electron chi connectivity index (χ1n) is 7.26. The van der Waals surface area contributed by atoms with Crippen LogP contribution in [-0.2, 0) is 9.84 Å². The van der Waals surface area contributed by atoms with E-state index in [4.69, 9.17) is 5.73 Å². The molecule has 0 bridgehead atoms. The third-order valence-corrected chi connectivity index (χ3v) is 5.94. The van der Waals surface area contributed by atoms with Crippen molar-refractivity contribution in [2.24, 2.45) is 5.73 Å². The fraction of sp³-hybridized carbons (Fsp3) is 0.118. The number of carbonyl (C=O) groups is 1. The number of nitrogens with zero attached hydrogens (tertiary/aromatic N) is 1. The lowest BCUT2D eigenvalue weighted by atomic mass is 10.0. The van der Waals surface area contributed by atoms with Crippen LogP contribution in [0.1, 0.15) is 29.7 Å². The summed E-state index contributed by atoms with van der Waals surface area (Å²) in [6, 6.07) is 9.73. The highest BCUT2D eigenvalue weighted by Crippen LogP contribution is 2.34. The van der Waals surface area contributed by atoms with E-state index in [0.29, 0.717) is 21.8 Å². The number of carbonyl (C=O) groups excluding carboxylic acids is 1. The predicted molar refractivity (Wildman–Crippen MR) is 88.9 cm³/mol. The lowest BCUT2D eigenvalue weighted by molar-refractivity contribution is -0.0710. The highest BCUT2D eigenvalue weighted by atomic mass is 32.2. The minimum absolute atomic E-state index is 0.130. The molecular weight excluding hydrogens is 328 g/mol. The molecule has 0 saturated carbocycles. The number of hydrogen-bond acceptors (Lipinski definition) is 4. The number of primary amides is 1. The van der Waals surface area contributed by atoms with Crippen LogP contribution in [0.5, 0.6) is 0 Å². The normalized spacial score (nSPS) is 15.8. The molecular formula is C17H16N2O4S. The maximum absolute atomic E-state index is 13.0. The van der Waals surface area contributed by atoms with Gasteiger partial charge in [0.2, 0.25) is 9.84 Å². The number of urea groups is 1. The second-order valence-electron chi connectivity index (χ2n) is 5.53. The molecule has 1 atom stereocenters. The molecule has 0 aliphatic carbocycles. The van der Waals surface area contributed by atoms with Crippen LogP contribution < -0.4 is 5.73 Å². The molecule has 2 aromatic rings. The van der Waals surface area contributed by atoms with Gasteiger partial charge >= 0.3 is 6.03 Å². The van der Waals surface area contributed by atoms with Gasteiger partial charge in [-0.05, 0) is 35.7 Å². The molecule has 3 N–H and O–H groups in total. The molecule has 24 heavy (non-hydrogen) atoms. The second kappa shape index (κ2) is 5.77. The van der Waals surface area contributed by atoms with Gasteiger partial charge in [-0.1, -0.05) is 42.5 Å². The van der Waals surface area contributed by atoms with Crippen molar-refractivity contribution in [3.05, 3.63) is 59.2 Å². The average molecular weight is 344 g/mol. The summed E-state index contributed by atoms with van der Waals surface area (Å²) in [4.78, 5) is 11.5. The lowest BCUT2D eigenvalue weighted by Crippen LogP contribution is -2.34. The van der Waals surface area contributed by atoms with Crippen LogP contribution in [-0.4, -0.2) is 24.7 Å². The Morgan fingerprint density at radius 1 is 1.08 bits per heavy atom. The molecule has 6 nitrogen and oxygen atoms in total. The number of amides is 2. The molecule has 2 amide bonds. The number of hydrogen-bond donors (Lipinski definition) is 2. The molecule has 1 unspecified atom stereocenters. The van der Waals surface area contributed by atoms with Gasteiger partial charge in [-0.25, -0.2) is 13.2 Å². The molecule has 1 heterocycles. The summed E-state index contributed by atoms with van der Waals surface area (Å²) in [5.41, 5.74) is 6.69. The summed E-state index contributed by atoms with van der Waals surface area (Å²) in [6.45, 7) is 1.56. The summed E-state index contributed by atoms with van der Waals surface area (Å²) in [6.07, 6.45) is 3.49. The van der Waals surface area contributed by atoms with Crippen molar-refractivity contribution >= 4 is 28.0 Å². The summed E-state index contributed by atoms with van der Waals surface area (Å²) >= 11 is 0. The minimum atomic E-state index is -3.72. The quantitative estimate of drug-likeness (QED) is 0.551. The zero-order chi connectivity index (χ0) is 17.5. The number of nitrogens with two attached hydrogens (primary N) is 1. The van der Waals surface area contributed by atoms with E-state index in [9.17, 15) is 18.4 Å². The highest BCUT2D eigenvalue weighted by molar-refractivity contribution is 7.91. The SMILES string of the molecule is CC(c1ccc2c(c1)S(=O)(=O)c1ccccc1C=C2)N(O)C(N)=O. The van der Waals surface area contributed by atoms with Gasteiger partial charge in [-0.3, -0.25) is 5.21 Å². The Labute approximate surface area is 139 Å². The second-order valence-corrected chi connectivity index (χ2v) is 7.42. The number of sulfone groups is 1. The molecule has 3 rings (SSSR count). The lowest BCUT2D eigenvalue weighted by Gasteiger charge is -2.21. The number of rotatable bonds is 2. The van der Waals surface area contributed by atoms with Gasteiger partial charge < -0.3 is 5.73 Å². The zero-order valence-electron chi connectivity index (χ0n) is 12.9. The van der Waals surface area contributed by atoms with E-state index < -0.39 is 21.9 Å². The van der Waals surface area contributed by atoms with Crippen LogP contribution in [0.25, 0.3) is 12.2 Å². The van der Waals surface area contributed by atoms with Gasteiger partial charge in [0, 0.05) is 0 Å². The Hall–Kier alpha value is -2.64. The van der Waals surface area contributed by atoms with E-state index >= 15 is 0 Å². The molecule has 0 radical (unpaired) electrons. The van der Waals surface area contributed by atoms with Gasteiger partial charge in [-0.2, -0.15) is 5.06 Å². The molecule has 124 valence electrons. The van der Waals surface area contributed by atoms with E-state index in [1.807, 2.05) is 0 Å². The Morgan fingerprint density at radius 3 is 2.38 bits per heavy atom. The van der Waals surface area contributed by atoms with Crippen molar-refractivity contribution in [2.45, 2.75) is 22.8 Å². The highest BCUT2D eigenvalue weighted by Gasteiger charge is 2.27. The molecule has 0 fully saturated rings. The van der Waals surface area contributed by atoms with Crippen LogP contribution in [0.15, 0.2) is 52.3 Å². The summed E-state index contributed by atoms with van der Waals surface area (Å²) in [7, 11) is -3.72. The predicted octanol–water partition coefficient (Wildman–Crippen LogP) is 2.83. The molecule has 7 heteroatoms. The first kappa shape index (κ1) is 16.2. The molecule has 2 aromatic carbocycles. The number of hydroxylamine groups is 2. The van der Waals surface area contributed by atoms with Crippen molar-refractivity contribution in [3.63, 3.8) is 0 Å². The third-order valence-electron chi connectivity index (χ3n) is 4.05. The van der Waals surface area contributed by atoms with E-state index in [2.05, 4.69) is 0 Å². The standard InChI is InChI=1S/C17H16N2O4S/c1-11(19(21)17(18)20)14-9-8-13-7-6-12-4-2-3-5-15(12)24(22,23)16(13)10-14/h2-11,21H,1H3,(H2,18,20). The van der Waals surface area contributed by atoms with E-state index in [0.717, 1.165) is 0 Å². The maximum Gasteiger partial charge on any atom is 0.339 e. The largest absolute Gasteiger partial charge is 0.350 e. The number of fused-ring (bicyclic) bond motifs is 2. The molecule has 1 aliphatic heterocycles. The molecule has 0 aromatic heterocycles. The van der Waals surface area contributed by atoms with Crippen LogP contribution in [0.3, 0.4) is 0 Å². The van der Waals surface area contributed by atoms with Crippen molar-refractivity contribution in [3.8, 4) is 0 Å². The van der Waals surface area contributed by atoms with Gasteiger partial charge in [0.15, 0.2) is 0 Å². The smallest absolute Gasteiger partial charge is 0.339 e. The molecule has 0 saturated heterocycles. The van der Waals surface area contributed by atoms with E-state index in [1.165, 1.54) is 6.07 Å². The maximum atomic E-state index is 13.0. The Kier molecular flexibility index (Phi) is 3.90. The van der Waals surface area contributed by atoms with Gasteiger partial charge in [-0.15, -0.1) is 0 Å². The van der Waals surface area contributed by atoms with Gasteiger partial charge in [0.25, 0.3) is 0 Å². The average Bonchev–Trinajstić information content (AvgIpc) is 2.68. The fourth-order valence-electron chi connectivity index (χ4n) is 2.67. The fourth-order valence-corrected chi connectivity index (χ4v) is 4.35. The minimum Gasteiger partial charge on any atom is -0.350 e. The van der Waals surface area contributed by atoms with Crippen molar-refractivity contribution in [1.29, 1.82) is 0 Å². The monoisotopic (exact) mass is 344 g/mol. The molecule has 0 spiro atoms. The third kappa shape index (κ3) is 2.57. The number of benzene rings is 2. The summed E-state index contributed by atoms with van der Waals surface area (Å²) in [5, 5.41) is 10.1. The van der Waals surface area contributed by atoms with Crippen LogP contribution in [0.4, 0.5) is 4.79 Å². The molecule has 1 aliphatic rings. The van der Waals surface area contributed by atoms with Crippen molar-refractivity contribution < 1.29 is 18.4 Å². The summed E-state index contributed by atoms with van der Waals surface area (Å²) in [5.74, 6) is 0. The van der Waals surface area contributed by atoms with Gasteiger partial charge in [0.05, 0.1) is 15.8 Å². The van der Waals surface area contributed by atoms with E-state index in [-0.39, 0.29) is 9.79 Å². The topological polar surface area (TPSA) is 101 Å². The van der Waals surface area contributed by atoms with E-state index in [1.54, 1.807) is 55.5 Å².